The molecule has 1 amide bonds. The van der Waals surface area contributed by atoms with Gasteiger partial charge in [0.25, 0.3) is 0 Å². The van der Waals surface area contributed by atoms with Gasteiger partial charge in [-0.1, -0.05) is 48.0 Å². The Balaban J connectivity index is 2.13. The Morgan fingerprint density at radius 1 is 1.23 bits per heavy atom. The lowest BCUT2D eigenvalue weighted by molar-refractivity contribution is -0.117. The van der Waals surface area contributed by atoms with Crippen molar-refractivity contribution in [2.75, 3.05) is 11.4 Å². The highest BCUT2D eigenvalue weighted by Crippen LogP contribution is 2.35. The minimum absolute atomic E-state index is 0.0106. The molecule has 0 atom stereocenters. The summed E-state index contributed by atoms with van der Waals surface area (Å²) in [5, 5.41) is 0.582. The SMILES string of the molecule is C=CCN1C(=O)CC(c2ccccc2)=Nc2ccc(Cl)cc21. The van der Waals surface area contributed by atoms with Crippen LogP contribution in [-0.2, 0) is 4.79 Å². The third-order valence-electron chi connectivity index (χ3n) is 3.52. The number of anilines is 1. The van der Waals surface area contributed by atoms with Crippen molar-refractivity contribution in [3.05, 3.63) is 71.8 Å². The van der Waals surface area contributed by atoms with Gasteiger partial charge in [0.2, 0.25) is 5.91 Å². The summed E-state index contributed by atoms with van der Waals surface area (Å²) in [7, 11) is 0. The van der Waals surface area contributed by atoms with E-state index in [-0.39, 0.29) is 12.3 Å². The molecule has 4 heteroatoms. The second-order valence-corrected chi connectivity index (χ2v) is 5.46. The van der Waals surface area contributed by atoms with Crippen LogP contribution in [0, 0.1) is 0 Å². The lowest BCUT2D eigenvalue weighted by atomic mass is 10.1. The van der Waals surface area contributed by atoms with Crippen molar-refractivity contribution >= 4 is 34.6 Å². The average Bonchev–Trinajstić information content (AvgIpc) is 2.66. The summed E-state index contributed by atoms with van der Waals surface area (Å²) in [5.41, 5.74) is 3.19. The predicted octanol–water partition coefficient (Wildman–Crippen LogP) is 4.38. The number of aliphatic imine (C=N–C) groups is 1. The van der Waals surface area contributed by atoms with E-state index in [1.165, 1.54) is 0 Å². The van der Waals surface area contributed by atoms with Crippen molar-refractivity contribution in [1.29, 1.82) is 0 Å². The fourth-order valence-corrected chi connectivity index (χ4v) is 2.66. The second kappa shape index (κ2) is 6.16. The maximum Gasteiger partial charge on any atom is 0.233 e. The molecule has 0 aliphatic carbocycles. The molecule has 0 saturated heterocycles. The van der Waals surface area contributed by atoms with Crippen molar-refractivity contribution in [3.63, 3.8) is 0 Å². The molecule has 0 N–H and O–H groups in total. The van der Waals surface area contributed by atoms with Crippen molar-refractivity contribution in [2.24, 2.45) is 4.99 Å². The van der Waals surface area contributed by atoms with Crippen LogP contribution < -0.4 is 4.90 Å². The van der Waals surface area contributed by atoms with Gasteiger partial charge < -0.3 is 4.90 Å². The number of rotatable bonds is 3. The molecule has 2 aromatic rings. The van der Waals surface area contributed by atoms with E-state index < -0.39 is 0 Å². The summed E-state index contributed by atoms with van der Waals surface area (Å²) in [6, 6.07) is 15.2. The Kier molecular flexibility index (Phi) is 4.07. The molecule has 0 unspecified atom stereocenters. The molecule has 0 saturated carbocycles. The maximum absolute atomic E-state index is 12.6. The smallest absolute Gasteiger partial charge is 0.233 e. The standard InChI is InChI=1S/C18H15ClN2O/c1-2-10-21-17-11-14(19)8-9-15(17)20-16(12-18(21)22)13-6-4-3-5-7-13/h2-9,11H,1,10,12H2. The van der Waals surface area contributed by atoms with Crippen LogP contribution in [0.1, 0.15) is 12.0 Å². The Bertz CT molecular complexity index is 753. The van der Waals surface area contributed by atoms with E-state index in [1.807, 2.05) is 36.4 Å². The van der Waals surface area contributed by atoms with Gasteiger partial charge in [-0.2, -0.15) is 0 Å². The Morgan fingerprint density at radius 2 is 2.00 bits per heavy atom. The molecule has 1 aliphatic rings. The zero-order chi connectivity index (χ0) is 15.5. The van der Waals surface area contributed by atoms with Crippen LogP contribution in [0.5, 0.6) is 0 Å². The van der Waals surface area contributed by atoms with Crippen LogP contribution in [0.15, 0.2) is 66.2 Å². The number of nitrogens with zero attached hydrogens (tertiary/aromatic N) is 2. The number of carbonyl (C=O) groups is 1. The van der Waals surface area contributed by atoms with Crippen molar-refractivity contribution in [1.82, 2.24) is 0 Å². The molecule has 0 spiro atoms. The Morgan fingerprint density at radius 3 is 2.73 bits per heavy atom. The summed E-state index contributed by atoms with van der Waals surface area (Å²) in [6.07, 6.45) is 1.96. The third kappa shape index (κ3) is 2.81. The minimum atomic E-state index is -0.0106. The van der Waals surface area contributed by atoms with E-state index in [0.29, 0.717) is 11.6 Å². The first-order valence-corrected chi connectivity index (χ1v) is 7.40. The molecule has 0 fully saturated rings. The molecule has 1 aliphatic heterocycles. The lowest BCUT2D eigenvalue weighted by Gasteiger charge is -2.20. The molecule has 0 aromatic heterocycles. The number of carbonyl (C=O) groups excluding carboxylic acids is 1. The Labute approximate surface area is 134 Å². The molecule has 3 nitrogen and oxygen atoms in total. The highest BCUT2D eigenvalue weighted by molar-refractivity contribution is 6.31. The predicted molar refractivity (Wildman–Crippen MR) is 91.3 cm³/mol. The van der Waals surface area contributed by atoms with Crippen molar-refractivity contribution in [3.8, 4) is 0 Å². The molecule has 3 rings (SSSR count). The molecular weight excluding hydrogens is 296 g/mol. The topological polar surface area (TPSA) is 32.7 Å². The molecule has 0 radical (unpaired) electrons. The van der Waals surface area contributed by atoms with Crippen LogP contribution in [-0.4, -0.2) is 18.2 Å². The van der Waals surface area contributed by atoms with Crippen LogP contribution in [0.3, 0.4) is 0 Å². The van der Waals surface area contributed by atoms with Crippen LogP contribution in [0.2, 0.25) is 5.02 Å². The average molecular weight is 311 g/mol. The first-order valence-electron chi connectivity index (χ1n) is 7.03. The molecule has 1 heterocycles. The van der Waals surface area contributed by atoms with E-state index in [9.17, 15) is 4.79 Å². The number of halogens is 1. The monoisotopic (exact) mass is 310 g/mol. The van der Waals surface area contributed by atoms with Crippen molar-refractivity contribution in [2.45, 2.75) is 6.42 Å². The van der Waals surface area contributed by atoms with Gasteiger partial charge in [-0.3, -0.25) is 9.79 Å². The van der Waals surface area contributed by atoms with Gasteiger partial charge in [-0.15, -0.1) is 6.58 Å². The number of amides is 1. The lowest BCUT2D eigenvalue weighted by Crippen LogP contribution is -2.31. The first-order chi connectivity index (χ1) is 10.7. The molecule has 22 heavy (non-hydrogen) atoms. The van der Waals surface area contributed by atoms with Gasteiger partial charge in [0, 0.05) is 11.6 Å². The summed E-state index contributed by atoms with van der Waals surface area (Å²) in [6.45, 7) is 4.16. The van der Waals surface area contributed by atoms with E-state index in [2.05, 4.69) is 6.58 Å². The minimum Gasteiger partial charge on any atom is -0.306 e. The number of benzene rings is 2. The van der Waals surface area contributed by atoms with Gasteiger partial charge in [-0.25, -0.2) is 0 Å². The summed E-state index contributed by atoms with van der Waals surface area (Å²) in [4.78, 5) is 19.0. The summed E-state index contributed by atoms with van der Waals surface area (Å²) >= 11 is 6.08. The van der Waals surface area contributed by atoms with E-state index in [4.69, 9.17) is 16.6 Å². The van der Waals surface area contributed by atoms with Gasteiger partial charge >= 0.3 is 0 Å². The molecule has 110 valence electrons. The van der Waals surface area contributed by atoms with Crippen LogP contribution >= 0.6 is 11.6 Å². The summed E-state index contributed by atoms with van der Waals surface area (Å²) in [5.74, 6) is -0.0106. The van der Waals surface area contributed by atoms with E-state index >= 15 is 0 Å². The second-order valence-electron chi connectivity index (χ2n) is 5.03. The molecular formula is C18H15ClN2O. The fraction of sp³-hybridized carbons (Fsp3) is 0.111. The zero-order valence-corrected chi connectivity index (χ0v) is 12.8. The normalized spacial score (nSPS) is 14.1. The van der Waals surface area contributed by atoms with Crippen LogP contribution in [0.4, 0.5) is 11.4 Å². The molecule has 2 aromatic carbocycles. The van der Waals surface area contributed by atoms with Gasteiger partial charge in [0.15, 0.2) is 0 Å². The number of hydrogen-bond donors (Lipinski definition) is 0. The number of hydrogen-bond acceptors (Lipinski definition) is 2. The van der Waals surface area contributed by atoms with Crippen molar-refractivity contribution < 1.29 is 4.79 Å². The zero-order valence-electron chi connectivity index (χ0n) is 12.0. The Hall–Kier alpha value is -2.39. The molecule has 0 bridgehead atoms. The van der Waals surface area contributed by atoms with Crippen LogP contribution in [0.25, 0.3) is 0 Å². The van der Waals surface area contributed by atoms with E-state index in [1.54, 1.807) is 23.1 Å². The van der Waals surface area contributed by atoms with E-state index in [0.717, 1.165) is 22.6 Å². The quantitative estimate of drug-likeness (QED) is 0.774. The van der Waals surface area contributed by atoms with Gasteiger partial charge in [0.1, 0.15) is 0 Å². The largest absolute Gasteiger partial charge is 0.306 e. The summed E-state index contributed by atoms with van der Waals surface area (Å²) < 4.78 is 0. The highest BCUT2D eigenvalue weighted by atomic mass is 35.5. The first kappa shape index (κ1) is 14.5. The maximum atomic E-state index is 12.6. The third-order valence-corrected chi connectivity index (χ3v) is 3.76. The van der Waals surface area contributed by atoms with Gasteiger partial charge in [-0.05, 0) is 23.8 Å². The number of fused-ring (bicyclic) bond motifs is 1. The highest BCUT2D eigenvalue weighted by Gasteiger charge is 2.24. The van der Waals surface area contributed by atoms with Gasteiger partial charge in [0.05, 0.1) is 23.5 Å². The fourth-order valence-electron chi connectivity index (χ4n) is 2.49.